The van der Waals surface area contributed by atoms with Crippen LogP contribution in [0.15, 0.2) is 73.1 Å². The van der Waals surface area contributed by atoms with Crippen LogP contribution in [0.5, 0.6) is 0 Å². The maximum Gasteiger partial charge on any atom is 0.293 e. The Bertz CT molecular complexity index is 912. The van der Waals surface area contributed by atoms with Crippen LogP contribution in [-0.2, 0) is 6.42 Å². The Kier molecular flexibility index (Phi) is 5.34. The van der Waals surface area contributed by atoms with Gasteiger partial charge in [0.1, 0.15) is 5.69 Å². The molecule has 3 aromatic rings. The number of anilines is 1. The van der Waals surface area contributed by atoms with Crippen molar-refractivity contribution in [3.8, 4) is 0 Å². The molecular formula is C20H17N3O3. The van der Waals surface area contributed by atoms with Crippen LogP contribution in [-0.4, -0.2) is 22.2 Å². The number of aromatic nitrogens is 1. The number of nitro groups is 1. The van der Waals surface area contributed by atoms with E-state index in [9.17, 15) is 14.9 Å². The largest absolute Gasteiger partial charge is 0.379 e. The van der Waals surface area contributed by atoms with Gasteiger partial charge in [0.25, 0.3) is 5.69 Å². The maximum atomic E-state index is 12.5. The Morgan fingerprint density at radius 3 is 2.54 bits per heavy atom. The van der Waals surface area contributed by atoms with Crippen LogP contribution in [0.3, 0.4) is 0 Å². The lowest BCUT2D eigenvalue weighted by molar-refractivity contribution is -0.384. The second-order valence-corrected chi connectivity index (χ2v) is 5.72. The van der Waals surface area contributed by atoms with E-state index in [0.29, 0.717) is 29.8 Å². The monoisotopic (exact) mass is 347 g/mol. The number of hydrogen-bond acceptors (Lipinski definition) is 5. The van der Waals surface area contributed by atoms with Gasteiger partial charge in [-0.3, -0.25) is 19.9 Å². The summed E-state index contributed by atoms with van der Waals surface area (Å²) in [6.45, 7) is 0.526. The standard InChI is InChI=1S/C20H17N3O3/c24-20(16-6-2-1-3-7-16)17-8-9-18(19(13-17)23(25)26)22-12-10-15-5-4-11-21-14-15/h1-9,11,13-14,22H,10,12H2. The average Bonchev–Trinajstić information content (AvgIpc) is 2.69. The van der Waals surface area contributed by atoms with Crippen molar-refractivity contribution in [3.05, 3.63) is 99.9 Å². The van der Waals surface area contributed by atoms with Gasteiger partial charge in [-0.05, 0) is 30.2 Å². The molecule has 0 aliphatic heterocycles. The molecule has 2 aromatic carbocycles. The minimum Gasteiger partial charge on any atom is -0.379 e. The van der Waals surface area contributed by atoms with Crippen molar-refractivity contribution in [3.63, 3.8) is 0 Å². The summed E-state index contributed by atoms with van der Waals surface area (Å²) in [4.78, 5) is 27.5. The van der Waals surface area contributed by atoms with Crippen molar-refractivity contribution in [1.29, 1.82) is 0 Å². The average molecular weight is 347 g/mol. The fourth-order valence-electron chi connectivity index (χ4n) is 2.62. The van der Waals surface area contributed by atoms with E-state index in [2.05, 4.69) is 10.3 Å². The highest BCUT2D eigenvalue weighted by molar-refractivity contribution is 6.09. The Morgan fingerprint density at radius 1 is 1.04 bits per heavy atom. The number of nitrogens with one attached hydrogen (secondary N) is 1. The summed E-state index contributed by atoms with van der Waals surface area (Å²) in [7, 11) is 0. The summed E-state index contributed by atoms with van der Waals surface area (Å²) in [5, 5.41) is 14.5. The highest BCUT2D eigenvalue weighted by Gasteiger charge is 2.18. The molecule has 130 valence electrons. The van der Waals surface area contributed by atoms with Crippen molar-refractivity contribution >= 4 is 17.2 Å². The lowest BCUT2D eigenvalue weighted by Crippen LogP contribution is -2.08. The summed E-state index contributed by atoms with van der Waals surface area (Å²) < 4.78 is 0. The molecule has 1 aromatic heterocycles. The summed E-state index contributed by atoms with van der Waals surface area (Å²) in [6.07, 6.45) is 4.15. The van der Waals surface area contributed by atoms with Crippen molar-refractivity contribution in [2.45, 2.75) is 6.42 Å². The summed E-state index contributed by atoms with van der Waals surface area (Å²) >= 11 is 0. The molecule has 0 bridgehead atoms. The second-order valence-electron chi connectivity index (χ2n) is 5.72. The number of rotatable bonds is 7. The molecule has 0 fully saturated rings. The molecule has 3 rings (SSSR count). The van der Waals surface area contributed by atoms with E-state index in [1.165, 1.54) is 6.07 Å². The SMILES string of the molecule is O=C(c1ccccc1)c1ccc(NCCc2cccnc2)c([N+](=O)[O-])c1. The van der Waals surface area contributed by atoms with Crippen LogP contribution in [0.25, 0.3) is 0 Å². The zero-order chi connectivity index (χ0) is 18.4. The quantitative estimate of drug-likeness (QED) is 0.398. The number of nitro benzene ring substituents is 1. The van der Waals surface area contributed by atoms with Gasteiger partial charge in [0, 0.05) is 36.1 Å². The van der Waals surface area contributed by atoms with E-state index in [1.54, 1.807) is 48.8 Å². The van der Waals surface area contributed by atoms with Crippen molar-refractivity contribution in [2.75, 3.05) is 11.9 Å². The number of carbonyl (C=O) groups excluding carboxylic acids is 1. The first-order valence-electron chi connectivity index (χ1n) is 8.16. The normalized spacial score (nSPS) is 10.3. The number of ketones is 1. The molecule has 0 amide bonds. The Morgan fingerprint density at radius 2 is 1.85 bits per heavy atom. The lowest BCUT2D eigenvalue weighted by atomic mass is 10.0. The number of nitrogens with zero attached hydrogens (tertiary/aromatic N) is 2. The van der Waals surface area contributed by atoms with Gasteiger partial charge in [-0.25, -0.2) is 0 Å². The molecule has 6 nitrogen and oxygen atoms in total. The molecule has 0 saturated carbocycles. The Labute approximate surface area is 150 Å². The second kappa shape index (κ2) is 8.02. The summed E-state index contributed by atoms with van der Waals surface area (Å²) in [5.74, 6) is -0.240. The van der Waals surface area contributed by atoms with Gasteiger partial charge < -0.3 is 5.32 Å². The summed E-state index contributed by atoms with van der Waals surface area (Å²) in [6, 6.07) is 17.0. The molecule has 6 heteroatoms. The third kappa shape index (κ3) is 4.10. The molecule has 0 spiro atoms. The molecule has 0 aliphatic carbocycles. The third-order valence-corrected chi connectivity index (χ3v) is 3.94. The van der Waals surface area contributed by atoms with Gasteiger partial charge in [0.15, 0.2) is 5.78 Å². The topological polar surface area (TPSA) is 85.1 Å². The zero-order valence-electron chi connectivity index (χ0n) is 14.0. The minimum atomic E-state index is -0.478. The fraction of sp³-hybridized carbons (Fsp3) is 0.100. The van der Waals surface area contributed by atoms with E-state index in [1.807, 2.05) is 18.2 Å². The van der Waals surface area contributed by atoms with Crippen molar-refractivity contribution < 1.29 is 9.72 Å². The highest BCUT2D eigenvalue weighted by atomic mass is 16.6. The molecule has 0 atom stereocenters. The summed E-state index contributed by atoms with van der Waals surface area (Å²) in [5.41, 5.74) is 2.11. The van der Waals surface area contributed by atoms with Gasteiger partial charge in [0.05, 0.1) is 4.92 Å². The van der Waals surface area contributed by atoms with E-state index >= 15 is 0 Å². The van der Waals surface area contributed by atoms with E-state index in [4.69, 9.17) is 0 Å². The van der Waals surface area contributed by atoms with Crippen LogP contribution in [0.1, 0.15) is 21.5 Å². The van der Waals surface area contributed by atoms with Gasteiger partial charge in [0.2, 0.25) is 0 Å². The Balaban J connectivity index is 1.76. The van der Waals surface area contributed by atoms with Gasteiger partial charge in [-0.1, -0.05) is 36.4 Å². The molecule has 0 unspecified atom stereocenters. The van der Waals surface area contributed by atoms with Gasteiger partial charge in [-0.15, -0.1) is 0 Å². The number of hydrogen-bond donors (Lipinski definition) is 1. The first-order valence-corrected chi connectivity index (χ1v) is 8.16. The molecular weight excluding hydrogens is 330 g/mol. The number of pyridine rings is 1. The van der Waals surface area contributed by atoms with E-state index in [0.717, 1.165) is 5.56 Å². The molecule has 1 N–H and O–H groups in total. The van der Waals surface area contributed by atoms with Gasteiger partial charge >= 0.3 is 0 Å². The number of benzene rings is 2. The van der Waals surface area contributed by atoms with Crippen LogP contribution in [0, 0.1) is 10.1 Å². The van der Waals surface area contributed by atoms with Gasteiger partial charge in [-0.2, -0.15) is 0 Å². The van der Waals surface area contributed by atoms with Crippen molar-refractivity contribution in [2.24, 2.45) is 0 Å². The van der Waals surface area contributed by atoms with Crippen LogP contribution >= 0.6 is 0 Å². The Hall–Kier alpha value is -3.54. The molecule has 0 aliphatic rings. The third-order valence-electron chi connectivity index (χ3n) is 3.94. The van der Waals surface area contributed by atoms with Crippen LogP contribution in [0.4, 0.5) is 11.4 Å². The van der Waals surface area contributed by atoms with E-state index < -0.39 is 4.92 Å². The lowest BCUT2D eigenvalue weighted by Gasteiger charge is -2.09. The highest BCUT2D eigenvalue weighted by Crippen LogP contribution is 2.26. The van der Waals surface area contributed by atoms with Crippen molar-refractivity contribution in [1.82, 2.24) is 4.98 Å². The van der Waals surface area contributed by atoms with Crippen LogP contribution < -0.4 is 5.32 Å². The maximum absolute atomic E-state index is 12.5. The number of carbonyl (C=O) groups is 1. The molecule has 26 heavy (non-hydrogen) atoms. The smallest absolute Gasteiger partial charge is 0.293 e. The predicted octanol–water partition coefficient (Wildman–Crippen LogP) is 3.88. The first-order chi connectivity index (χ1) is 12.6. The first kappa shape index (κ1) is 17.3. The van der Waals surface area contributed by atoms with E-state index in [-0.39, 0.29) is 11.5 Å². The fourth-order valence-corrected chi connectivity index (χ4v) is 2.62. The molecule has 1 heterocycles. The zero-order valence-corrected chi connectivity index (χ0v) is 14.0. The molecule has 0 saturated heterocycles. The molecule has 0 radical (unpaired) electrons. The predicted molar refractivity (Wildman–Crippen MR) is 99.4 cm³/mol. The minimum absolute atomic E-state index is 0.113. The van der Waals surface area contributed by atoms with Crippen LogP contribution in [0.2, 0.25) is 0 Å².